The molecule has 7 aromatic rings. The van der Waals surface area contributed by atoms with Crippen molar-refractivity contribution in [3.63, 3.8) is 0 Å². The Morgan fingerprint density at radius 2 is 0.915 bits per heavy atom. The van der Waals surface area contributed by atoms with Gasteiger partial charge < -0.3 is 0 Å². The molecule has 0 atom stereocenters. The van der Waals surface area contributed by atoms with Gasteiger partial charge in [-0.2, -0.15) is 9.15 Å². The third-order valence-electron chi connectivity index (χ3n) is 8.83. The molecule has 0 unspecified atom stereocenters. The number of nitrogens with zero attached hydrogens (tertiary/aromatic N) is 2. The van der Waals surface area contributed by atoms with Crippen LogP contribution in [0.1, 0.15) is 16.7 Å². The molecule has 0 aromatic heterocycles. The number of thioether (sulfide) groups is 2. The van der Waals surface area contributed by atoms with Gasteiger partial charge in [-0.3, -0.25) is 0 Å². The lowest BCUT2D eigenvalue weighted by Crippen LogP contribution is -2.13. The second-order valence-electron chi connectivity index (χ2n) is 11.8. The van der Waals surface area contributed by atoms with Gasteiger partial charge >= 0.3 is 0 Å². The summed E-state index contributed by atoms with van der Waals surface area (Å²) in [5.74, 6) is 1.89. The minimum absolute atomic E-state index is 0.926. The highest BCUT2D eigenvalue weighted by atomic mass is 32.2. The number of rotatable bonds is 3. The van der Waals surface area contributed by atoms with Gasteiger partial charge in [-0.1, -0.05) is 139 Å². The van der Waals surface area contributed by atoms with Crippen LogP contribution in [0.5, 0.6) is 0 Å². The van der Waals surface area contributed by atoms with E-state index in [9.17, 15) is 0 Å². The zero-order valence-electron chi connectivity index (χ0n) is 26.2. The van der Waals surface area contributed by atoms with E-state index in [2.05, 4.69) is 180 Å². The van der Waals surface area contributed by atoms with Crippen LogP contribution in [-0.4, -0.2) is 33.3 Å². The van der Waals surface area contributed by atoms with E-state index in [0.29, 0.717) is 0 Å². The fourth-order valence-electron chi connectivity index (χ4n) is 6.53. The van der Waals surface area contributed by atoms with Crippen LogP contribution in [0.3, 0.4) is 0 Å². The van der Waals surface area contributed by atoms with E-state index in [1.165, 1.54) is 70.5 Å². The average molecular weight is 643 g/mol. The van der Waals surface area contributed by atoms with E-state index in [-0.39, 0.29) is 0 Å². The number of fused-ring (bicyclic) bond motifs is 4. The quantitative estimate of drug-likeness (QED) is 0.177. The lowest BCUT2D eigenvalue weighted by Gasteiger charge is -2.18. The highest BCUT2D eigenvalue weighted by Crippen LogP contribution is 2.42. The van der Waals surface area contributed by atoms with Gasteiger partial charge in [-0.25, -0.2) is 0 Å². The maximum atomic E-state index is 2.33. The minimum atomic E-state index is 0.926. The lowest BCUT2D eigenvalue weighted by molar-refractivity contribution is -0.411. The number of aryl methyl sites for hydroxylation is 1. The van der Waals surface area contributed by atoms with E-state index < -0.39 is 0 Å². The van der Waals surface area contributed by atoms with Crippen molar-refractivity contribution in [2.24, 2.45) is 0 Å². The first-order valence-electron chi connectivity index (χ1n) is 16.0. The van der Waals surface area contributed by atoms with Crippen LogP contribution in [0.2, 0.25) is 0 Å². The van der Waals surface area contributed by atoms with Crippen molar-refractivity contribution < 1.29 is 9.15 Å². The standard InChI is InChI=1S/C24H18NS.C19H16NS/c1-3-9-18(10-4-1)23-22-14-8-7-11-19(22)15-20-16-25(17-26-24(20)23)21-12-5-2-6-13-21;1-14-18-10-6-5-7-15(18)11-16-12-20(13-21-19(14)16)17-8-3-2-4-9-17/h1-16H,17H2;2-12H,13H2,1H3/q2*+1. The first-order valence-corrected chi connectivity index (χ1v) is 17.9. The molecule has 47 heavy (non-hydrogen) atoms. The first-order chi connectivity index (χ1) is 23.2. The number of hydrogen-bond donors (Lipinski definition) is 0. The second-order valence-corrected chi connectivity index (χ2v) is 13.7. The Bertz CT molecular complexity index is 2290. The summed E-state index contributed by atoms with van der Waals surface area (Å²) in [6.45, 7) is 2.24. The molecule has 226 valence electrons. The number of para-hydroxylation sites is 2. The van der Waals surface area contributed by atoms with E-state index in [1.807, 2.05) is 23.5 Å². The van der Waals surface area contributed by atoms with E-state index >= 15 is 0 Å². The predicted octanol–water partition coefficient (Wildman–Crippen LogP) is 11.3. The molecular formula is C43H34N2S2+2. The molecule has 0 bridgehead atoms. The van der Waals surface area contributed by atoms with Crippen LogP contribution in [0, 0.1) is 6.92 Å². The van der Waals surface area contributed by atoms with Crippen molar-refractivity contribution in [1.29, 1.82) is 0 Å². The molecular weight excluding hydrogens is 609 g/mol. The average Bonchev–Trinajstić information content (AvgIpc) is 3.15. The Morgan fingerprint density at radius 1 is 0.468 bits per heavy atom. The fraction of sp³-hybridized carbons (Fsp3) is 0.0698. The Kier molecular flexibility index (Phi) is 8.21. The number of benzene rings is 7. The number of hydrogen-bond acceptors (Lipinski definition) is 2. The molecule has 0 radical (unpaired) electrons. The van der Waals surface area contributed by atoms with Crippen molar-refractivity contribution >= 4 is 68.9 Å². The van der Waals surface area contributed by atoms with Crippen LogP contribution in [0.25, 0.3) is 32.7 Å². The van der Waals surface area contributed by atoms with Crippen molar-refractivity contribution in [2.75, 3.05) is 11.8 Å². The van der Waals surface area contributed by atoms with Gasteiger partial charge in [0.05, 0.1) is 11.1 Å². The van der Waals surface area contributed by atoms with Crippen molar-refractivity contribution in [2.45, 2.75) is 16.7 Å². The molecule has 9 rings (SSSR count). The van der Waals surface area contributed by atoms with E-state index in [1.54, 1.807) is 0 Å². The first kappa shape index (κ1) is 29.5. The SMILES string of the molecule is C1=[N+](c2ccccc2)CSc2c1cc1ccccc1c2-c1ccccc1.Cc1c2c(cc3ccccc13)C=[N+](c1ccccc1)CS2. The highest BCUT2D eigenvalue weighted by Gasteiger charge is 2.24. The van der Waals surface area contributed by atoms with Gasteiger partial charge in [0, 0.05) is 39.6 Å². The summed E-state index contributed by atoms with van der Waals surface area (Å²) >= 11 is 3.85. The summed E-state index contributed by atoms with van der Waals surface area (Å²) in [6.07, 6.45) is 4.57. The van der Waals surface area contributed by atoms with E-state index in [4.69, 9.17) is 0 Å². The zero-order valence-corrected chi connectivity index (χ0v) is 27.8. The van der Waals surface area contributed by atoms with Gasteiger partial charge in [-0.05, 0) is 51.7 Å². The Hall–Kier alpha value is -4.90. The molecule has 0 aliphatic carbocycles. The molecule has 2 aliphatic heterocycles. The maximum absolute atomic E-state index is 2.33. The van der Waals surface area contributed by atoms with Crippen LogP contribution in [0.4, 0.5) is 11.4 Å². The summed E-state index contributed by atoms with van der Waals surface area (Å²) < 4.78 is 4.65. The molecule has 0 N–H and O–H groups in total. The third kappa shape index (κ3) is 5.91. The van der Waals surface area contributed by atoms with Gasteiger partial charge in [-0.15, -0.1) is 0 Å². The minimum Gasteiger partial charge on any atom is -0.188 e. The molecule has 0 spiro atoms. The van der Waals surface area contributed by atoms with Crippen molar-refractivity contribution in [3.8, 4) is 11.1 Å². The summed E-state index contributed by atoms with van der Waals surface area (Å²) in [6, 6.07) is 53.9. The summed E-state index contributed by atoms with van der Waals surface area (Å²) in [5, 5.41) is 5.30. The zero-order chi connectivity index (χ0) is 31.6. The second kappa shape index (κ2) is 13.1. The molecule has 2 heterocycles. The normalized spacial score (nSPS) is 13.6. The molecule has 2 nitrogen and oxygen atoms in total. The largest absolute Gasteiger partial charge is 0.205 e. The molecule has 0 fully saturated rings. The summed E-state index contributed by atoms with van der Waals surface area (Å²) in [4.78, 5) is 2.79. The maximum Gasteiger partial charge on any atom is 0.205 e. The highest BCUT2D eigenvalue weighted by molar-refractivity contribution is 7.99. The van der Waals surface area contributed by atoms with Crippen LogP contribution >= 0.6 is 23.5 Å². The molecule has 4 heteroatoms. The fourth-order valence-corrected chi connectivity index (χ4v) is 8.77. The van der Waals surface area contributed by atoms with Gasteiger partial charge in [0.25, 0.3) is 0 Å². The van der Waals surface area contributed by atoms with Crippen molar-refractivity contribution in [3.05, 3.63) is 168 Å². The van der Waals surface area contributed by atoms with Crippen molar-refractivity contribution in [1.82, 2.24) is 0 Å². The van der Waals surface area contributed by atoms with Crippen LogP contribution in [-0.2, 0) is 0 Å². The molecule has 2 aliphatic rings. The van der Waals surface area contributed by atoms with Gasteiger partial charge in [0.15, 0.2) is 24.2 Å². The Labute approximate surface area is 284 Å². The molecule has 0 saturated heterocycles. The Morgan fingerprint density at radius 3 is 1.51 bits per heavy atom. The summed E-state index contributed by atoms with van der Waals surface area (Å²) in [5.41, 5.74) is 9.15. The Balaban J connectivity index is 0.000000141. The van der Waals surface area contributed by atoms with Gasteiger partial charge in [0.1, 0.15) is 0 Å². The van der Waals surface area contributed by atoms with Crippen LogP contribution < -0.4 is 0 Å². The lowest BCUT2D eigenvalue weighted by atomic mass is 9.95. The van der Waals surface area contributed by atoms with E-state index in [0.717, 1.165) is 11.8 Å². The molecule has 0 saturated carbocycles. The van der Waals surface area contributed by atoms with Gasteiger partial charge in [0.2, 0.25) is 11.4 Å². The topological polar surface area (TPSA) is 6.02 Å². The molecule has 0 amide bonds. The smallest absolute Gasteiger partial charge is 0.188 e. The monoisotopic (exact) mass is 642 g/mol. The predicted molar refractivity (Wildman–Crippen MR) is 203 cm³/mol. The molecule has 7 aromatic carbocycles. The van der Waals surface area contributed by atoms with Crippen LogP contribution in [0.15, 0.2) is 161 Å². The third-order valence-corrected chi connectivity index (χ3v) is 11.2. The summed E-state index contributed by atoms with van der Waals surface area (Å²) in [7, 11) is 0.